The van der Waals surface area contributed by atoms with E-state index in [4.69, 9.17) is 0 Å². The maximum Gasteiger partial charge on any atom is 0.252 e. The summed E-state index contributed by atoms with van der Waals surface area (Å²) in [7, 11) is 3.32. The summed E-state index contributed by atoms with van der Waals surface area (Å²) in [6, 6.07) is 15.9. The van der Waals surface area contributed by atoms with Crippen LogP contribution in [0.2, 0.25) is 0 Å². The summed E-state index contributed by atoms with van der Waals surface area (Å²) in [6.45, 7) is 0.483. The standard InChI is InChI=1S/C20H17N3OS2/c1-25-26-18-7-6-16(15-3-2-9-22-19(15)18)20(24)23-12-13-4-5-14-8-10-21-17(14)11-13/h2-11,21H,12H2,1H3,(H,23,24). The fourth-order valence-corrected chi connectivity index (χ4v) is 4.47. The summed E-state index contributed by atoms with van der Waals surface area (Å²) >= 11 is 0. The molecule has 6 heteroatoms. The van der Waals surface area contributed by atoms with Crippen LogP contribution in [0.25, 0.3) is 21.8 Å². The number of hydrogen-bond donors (Lipinski definition) is 2. The summed E-state index contributed by atoms with van der Waals surface area (Å²) in [5.74, 6) is -0.0877. The van der Waals surface area contributed by atoms with Crippen molar-refractivity contribution in [2.24, 2.45) is 0 Å². The van der Waals surface area contributed by atoms with Gasteiger partial charge in [0, 0.05) is 40.3 Å². The second kappa shape index (κ2) is 7.43. The van der Waals surface area contributed by atoms with Crippen molar-refractivity contribution in [3.63, 3.8) is 0 Å². The highest BCUT2D eigenvalue weighted by Gasteiger charge is 2.13. The molecule has 0 atom stereocenters. The van der Waals surface area contributed by atoms with Crippen LogP contribution in [0.1, 0.15) is 15.9 Å². The first-order chi connectivity index (χ1) is 12.8. The molecule has 0 saturated carbocycles. The van der Waals surface area contributed by atoms with Crippen LogP contribution in [0.3, 0.4) is 0 Å². The number of fused-ring (bicyclic) bond motifs is 2. The molecule has 2 N–H and O–H groups in total. The van der Waals surface area contributed by atoms with Crippen LogP contribution in [0.4, 0.5) is 0 Å². The van der Waals surface area contributed by atoms with Gasteiger partial charge in [-0.05, 0) is 47.5 Å². The number of nitrogens with one attached hydrogen (secondary N) is 2. The van der Waals surface area contributed by atoms with E-state index in [0.29, 0.717) is 12.1 Å². The SMILES string of the molecule is CSSc1ccc(C(=O)NCc2ccc3cc[nH]c3c2)c2cccnc12. The molecule has 4 aromatic rings. The minimum atomic E-state index is -0.0877. The van der Waals surface area contributed by atoms with Gasteiger partial charge in [-0.15, -0.1) is 0 Å². The largest absolute Gasteiger partial charge is 0.361 e. The molecule has 0 bridgehead atoms. The molecule has 4 nitrogen and oxygen atoms in total. The molecule has 2 aromatic heterocycles. The summed E-state index contributed by atoms with van der Waals surface area (Å²) in [6.07, 6.45) is 5.71. The van der Waals surface area contributed by atoms with Crippen molar-refractivity contribution in [3.8, 4) is 0 Å². The Morgan fingerprint density at radius 3 is 3.00 bits per heavy atom. The fraction of sp³-hybridized carbons (Fsp3) is 0.100. The first kappa shape index (κ1) is 17.0. The summed E-state index contributed by atoms with van der Waals surface area (Å²) < 4.78 is 0. The van der Waals surface area contributed by atoms with E-state index in [2.05, 4.69) is 27.4 Å². The van der Waals surface area contributed by atoms with Crippen LogP contribution in [0.5, 0.6) is 0 Å². The Morgan fingerprint density at radius 2 is 2.12 bits per heavy atom. The summed E-state index contributed by atoms with van der Waals surface area (Å²) in [5, 5.41) is 5.07. The van der Waals surface area contributed by atoms with Gasteiger partial charge < -0.3 is 10.3 Å². The van der Waals surface area contributed by atoms with Gasteiger partial charge in [0.1, 0.15) is 0 Å². The minimum Gasteiger partial charge on any atom is -0.361 e. The first-order valence-electron chi connectivity index (χ1n) is 8.19. The molecule has 2 heterocycles. The number of pyridine rings is 1. The van der Waals surface area contributed by atoms with Gasteiger partial charge in [0.15, 0.2) is 0 Å². The number of carbonyl (C=O) groups excluding carboxylic acids is 1. The number of nitrogens with zero attached hydrogens (tertiary/aromatic N) is 1. The predicted molar refractivity (Wildman–Crippen MR) is 111 cm³/mol. The number of aromatic amines is 1. The van der Waals surface area contributed by atoms with Crippen molar-refractivity contribution in [2.45, 2.75) is 11.4 Å². The van der Waals surface area contributed by atoms with Crippen LogP contribution in [0.15, 0.2) is 65.8 Å². The Balaban J connectivity index is 1.58. The van der Waals surface area contributed by atoms with Gasteiger partial charge in [-0.25, -0.2) is 0 Å². The fourth-order valence-electron chi connectivity index (χ4n) is 2.98. The molecule has 0 unspecified atom stereocenters. The molecular formula is C20H17N3OS2. The average Bonchev–Trinajstić information content (AvgIpc) is 3.14. The van der Waals surface area contributed by atoms with Gasteiger partial charge in [0.2, 0.25) is 0 Å². The first-order valence-corrected chi connectivity index (χ1v) is 10.7. The van der Waals surface area contributed by atoms with Gasteiger partial charge in [0.25, 0.3) is 5.91 Å². The number of rotatable bonds is 5. The van der Waals surface area contributed by atoms with E-state index in [0.717, 1.165) is 26.9 Å². The van der Waals surface area contributed by atoms with Crippen molar-refractivity contribution in [2.75, 3.05) is 6.26 Å². The van der Waals surface area contributed by atoms with Crippen LogP contribution in [0, 0.1) is 0 Å². The third kappa shape index (κ3) is 3.30. The van der Waals surface area contributed by atoms with Gasteiger partial charge in [0.05, 0.1) is 5.52 Å². The number of aromatic nitrogens is 2. The highest BCUT2D eigenvalue weighted by Crippen LogP contribution is 2.34. The van der Waals surface area contributed by atoms with Gasteiger partial charge in [-0.1, -0.05) is 39.8 Å². The molecule has 0 saturated heterocycles. The second-order valence-corrected chi connectivity index (χ2v) is 8.28. The number of amides is 1. The van der Waals surface area contributed by atoms with E-state index in [-0.39, 0.29) is 5.91 Å². The molecule has 1 amide bonds. The lowest BCUT2D eigenvalue weighted by Gasteiger charge is -2.10. The Morgan fingerprint density at radius 1 is 1.19 bits per heavy atom. The third-order valence-corrected chi connectivity index (χ3v) is 5.94. The molecule has 0 radical (unpaired) electrons. The van der Waals surface area contributed by atoms with Crippen molar-refractivity contribution >= 4 is 49.3 Å². The third-order valence-electron chi connectivity index (χ3n) is 4.22. The lowest BCUT2D eigenvalue weighted by atomic mass is 10.1. The Hall–Kier alpha value is -2.44. The van der Waals surface area contributed by atoms with E-state index >= 15 is 0 Å². The molecule has 130 valence electrons. The smallest absolute Gasteiger partial charge is 0.252 e. The van der Waals surface area contributed by atoms with Crippen LogP contribution >= 0.6 is 21.6 Å². The molecule has 26 heavy (non-hydrogen) atoms. The molecule has 0 aliphatic heterocycles. The van der Waals surface area contributed by atoms with Gasteiger partial charge >= 0.3 is 0 Å². The zero-order valence-corrected chi connectivity index (χ0v) is 15.8. The summed E-state index contributed by atoms with van der Waals surface area (Å²) in [5.41, 5.74) is 3.65. The predicted octanol–water partition coefficient (Wildman–Crippen LogP) is 5.02. The van der Waals surface area contributed by atoms with E-state index in [1.54, 1.807) is 27.8 Å². The quantitative estimate of drug-likeness (QED) is 0.478. The topological polar surface area (TPSA) is 57.8 Å². The maximum atomic E-state index is 12.8. The number of benzene rings is 2. The molecular weight excluding hydrogens is 362 g/mol. The van der Waals surface area contributed by atoms with Crippen molar-refractivity contribution < 1.29 is 4.79 Å². The van der Waals surface area contributed by atoms with E-state index in [1.807, 2.05) is 48.9 Å². The maximum absolute atomic E-state index is 12.8. The zero-order chi connectivity index (χ0) is 17.9. The minimum absolute atomic E-state index is 0.0877. The van der Waals surface area contributed by atoms with Crippen LogP contribution < -0.4 is 5.32 Å². The number of hydrogen-bond acceptors (Lipinski definition) is 4. The van der Waals surface area contributed by atoms with E-state index in [1.165, 1.54) is 5.39 Å². The normalized spacial score (nSPS) is 11.1. The van der Waals surface area contributed by atoms with Gasteiger partial charge in [-0.3, -0.25) is 9.78 Å². The Labute approximate surface area is 159 Å². The number of H-pyrrole nitrogens is 1. The lowest BCUT2D eigenvalue weighted by molar-refractivity contribution is 0.0952. The van der Waals surface area contributed by atoms with Crippen molar-refractivity contribution in [1.29, 1.82) is 0 Å². The van der Waals surface area contributed by atoms with E-state index < -0.39 is 0 Å². The molecule has 2 aromatic carbocycles. The van der Waals surface area contributed by atoms with Crippen LogP contribution in [-0.4, -0.2) is 22.1 Å². The van der Waals surface area contributed by atoms with Crippen molar-refractivity contribution in [3.05, 3.63) is 72.1 Å². The molecule has 4 rings (SSSR count). The molecule has 0 fully saturated rings. The highest BCUT2D eigenvalue weighted by molar-refractivity contribution is 8.76. The molecule has 0 aliphatic rings. The number of carbonyl (C=O) groups is 1. The van der Waals surface area contributed by atoms with Crippen molar-refractivity contribution in [1.82, 2.24) is 15.3 Å². The lowest BCUT2D eigenvalue weighted by Crippen LogP contribution is -2.23. The second-order valence-electron chi connectivity index (χ2n) is 5.84. The highest BCUT2D eigenvalue weighted by atomic mass is 33.1. The molecule has 0 spiro atoms. The Bertz CT molecular complexity index is 1090. The molecule has 0 aliphatic carbocycles. The zero-order valence-electron chi connectivity index (χ0n) is 14.2. The van der Waals surface area contributed by atoms with Crippen LogP contribution in [-0.2, 0) is 6.54 Å². The summed E-state index contributed by atoms with van der Waals surface area (Å²) in [4.78, 5) is 21.5. The average molecular weight is 380 g/mol. The Kier molecular flexibility index (Phi) is 4.86. The monoisotopic (exact) mass is 379 g/mol. The van der Waals surface area contributed by atoms with E-state index in [9.17, 15) is 4.79 Å². The van der Waals surface area contributed by atoms with Gasteiger partial charge in [-0.2, -0.15) is 0 Å².